The number of hydrogen-bond donors (Lipinski definition) is 1. The van der Waals surface area contributed by atoms with Crippen LogP contribution in [0.15, 0.2) is 0 Å². The number of rotatable bonds is 0. The van der Waals surface area contributed by atoms with Crippen LogP contribution in [0.5, 0.6) is 0 Å². The summed E-state index contributed by atoms with van der Waals surface area (Å²) in [6.07, 6.45) is 0.780. The Morgan fingerprint density at radius 1 is 1.38 bits per heavy atom. The van der Waals surface area contributed by atoms with E-state index in [1.54, 1.807) is 0 Å². The predicted molar refractivity (Wildman–Crippen MR) is 53.8 cm³/mol. The van der Waals surface area contributed by atoms with E-state index in [1.165, 1.54) is 4.90 Å². The van der Waals surface area contributed by atoms with E-state index in [0.717, 1.165) is 13.0 Å². The number of carbonyl (C=O) groups excluding carboxylic acids is 1. The molecule has 0 spiro atoms. The van der Waals surface area contributed by atoms with Crippen LogP contribution < -0.4 is 4.90 Å². The Labute approximate surface area is 81.3 Å². The van der Waals surface area contributed by atoms with Gasteiger partial charge in [0.1, 0.15) is 6.04 Å². The van der Waals surface area contributed by atoms with Crippen LogP contribution in [-0.2, 0) is 4.79 Å². The standard InChI is InChI=1S/C11H21NO/c1-8-10(13)6-9(7-12(8)5)11(2,3)4/h8-9H,6-7H2,1-5H3/p+1/t8-,9-/m1/s1. The Bertz CT molecular complexity index is 205. The van der Waals surface area contributed by atoms with E-state index in [-0.39, 0.29) is 11.5 Å². The molecule has 0 amide bonds. The zero-order valence-corrected chi connectivity index (χ0v) is 9.48. The van der Waals surface area contributed by atoms with Crippen molar-refractivity contribution in [3.8, 4) is 0 Å². The maximum absolute atomic E-state index is 11.6. The van der Waals surface area contributed by atoms with Gasteiger partial charge in [0.2, 0.25) is 0 Å². The third-order valence-electron chi connectivity index (χ3n) is 3.46. The monoisotopic (exact) mass is 184 g/mol. The fourth-order valence-corrected chi connectivity index (χ4v) is 1.94. The zero-order valence-electron chi connectivity index (χ0n) is 9.48. The molecule has 1 rings (SSSR count). The lowest BCUT2D eigenvalue weighted by atomic mass is 9.75. The summed E-state index contributed by atoms with van der Waals surface area (Å²) in [5.41, 5.74) is 0.275. The van der Waals surface area contributed by atoms with Gasteiger partial charge in [-0.15, -0.1) is 0 Å². The molecule has 0 saturated carbocycles. The summed E-state index contributed by atoms with van der Waals surface area (Å²) in [6, 6.07) is 0.207. The number of Topliss-reactive ketones (excluding diaryl/α,β-unsaturated/α-hetero) is 1. The van der Waals surface area contributed by atoms with E-state index in [4.69, 9.17) is 0 Å². The zero-order chi connectivity index (χ0) is 10.2. The normalized spacial score (nSPS) is 36.4. The average molecular weight is 184 g/mol. The van der Waals surface area contributed by atoms with Gasteiger partial charge < -0.3 is 4.90 Å². The van der Waals surface area contributed by atoms with Crippen LogP contribution >= 0.6 is 0 Å². The van der Waals surface area contributed by atoms with Crippen LogP contribution in [0.4, 0.5) is 0 Å². The van der Waals surface area contributed by atoms with E-state index in [0.29, 0.717) is 11.7 Å². The molecule has 1 fully saturated rings. The molecule has 1 unspecified atom stereocenters. The first-order chi connectivity index (χ1) is 5.82. The summed E-state index contributed by atoms with van der Waals surface area (Å²) in [5.74, 6) is 0.986. The molecule has 0 radical (unpaired) electrons. The van der Waals surface area contributed by atoms with Gasteiger partial charge in [0.15, 0.2) is 5.78 Å². The average Bonchev–Trinajstić information content (AvgIpc) is 1.97. The minimum absolute atomic E-state index is 0.207. The summed E-state index contributed by atoms with van der Waals surface area (Å²) in [4.78, 5) is 13.0. The maximum atomic E-state index is 11.6. The lowest BCUT2D eigenvalue weighted by molar-refractivity contribution is -0.901. The van der Waals surface area contributed by atoms with Crippen molar-refractivity contribution in [1.29, 1.82) is 0 Å². The van der Waals surface area contributed by atoms with Crippen molar-refractivity contribution in [2.75, 3.05) is 13.6 Å². The van der Waals surface area contributed by atoms with Crippen molar-refractivity contribution in [2.24, 2.45) is 11.3 Å². The molecule has 0 aromatic carbocycles. The van der Waals surface area contributed by atoms with Crippen molar-refractivity contribution in [3.05, 3.63) is 0 Å². The molecule has 2 nitrogen and oxygen atoms in total. The summed E-state index contributed by atoms with van der Waals surface area (Å²) >= 11 is 0. The van der Waals surface area contributed by atoms with Gasteiger partial charge in [-0.05, 0) is 12.3 Å². The van der Waals surface area contributed by atoms with Crippen molar-refractivity contribution in [2.45, 2.75) is 40.2 Å². The van der Waals surface area contributed by atoms with Gasteiger partial charge in [0.05, 0.1) is 13.6 Å². The number of likely N-dealkylation sites (tertiary alicyclic amines) is 1. The Morgan fingerprint density at radius 2 is 1.92 bits per heavy atom. The molecule has 1 saturated heterocycles. The molecular formula is C11H22NO+. The number of ketones is 1. The third kappa shape index (κ3) is 2.31. The van der Waals surface area contributed by atoms with E-state index < -0.39 is 0 Å². The fourth-order valence-electron chi connectivity index (χ4n) is 1.94. The fraction of sp³-hybridized carbons (Fsp3) is 0.909. The maximum Gasteiger partial charge on any atom is 0.190 e. The number of piperidine rings is 1. The minimum Gasteiger partial charge on any atom is -0.329 e. The molecule has 0 bridgehead atoms. The van der Waals surface area contributed by atoms with Gasteiger partial charge >= 0.3 is 0 Å². The number of likely N-dealkylation sites (N-methyl/N-ethyl adjacent to an activating group) is 1. The van der Waals surface area contributed by atoms with Crippen LogP contribution in [0.2, 0.25) is 0 Å². The summed E-state index contributed by atoms with van der Waals surface area (Å²) < 4.78 is 0. The molecule has 1 N–H and O–H groups in total. The van der Waals surface area contributed by atoms with E-state index in [1.807, 2.05) is 6.92 Å². The van der Waals surface area contributed by atoms with Crippen LogP contribution in [0.1, 0.15) is 34.1 Å². The van der Waals surface area contributed by atoms with Gasteiger partial charge in [-0.3, -0.25) is 4.79 Å². The second-order valence-corrected chi connectivity index (χ2v) is 5.51. The summed E-state index contributed by atoms with van der Waals surface area (Å²) in [7, 11) is 2.13. The lowest BCUT2D eigenvalue weighted by Gasteiger charge is -2.37. The Morgan fingerprint density at radius 3 is 2.31 bits per heavy atom. The Kier molecular flexibility index (Phi) is 2.81. The van der Waals surface area contributed by atoms with Gasteiger partial charge in [-0.25, -0.2) is 0 Å². The predicted octanol–water partition coefficient (Wildman–Crippen LogP) is 0.525. The first kappa shape index (κ1) is 10.7. The molecule has 3 atom stereocenters. The first-order valence-corrected chi connectivity index (χ1v) is 5.17. The van der Waals surface area contributed by atoms with Crippen LogP contribution in [0, 0.1) is 11.3 Å². The molecule has 0 aromatic rings. The topological polar surface area (TPSA) is 21.5 Å². The van der Waals surface area contributed by atoms with Gasteiger partial charge in [-0.1, -0.05) is 20.8 Å². The molecular weight excluding hydrogens is 162 g/mol. The second-order valence-electron chi connectivity index (χ2n) is 5.51. The molecule has 0 aliphatic carbocycles. The highest BCUT2D eigenvalue weighted by molar-refractivity contribution is 5.83. The SMILES string of the molecule is C[C@@H]1C(=O)C[C@@H](C(C)(C)C)C[NH+]1C. The van der Waals surface area contributed by atoms with Crippen molar-refractivity contribution in [1.82, 2.24) is 0 Å². The highest BCUT2D eigenvalue weighted by Gasteiger charge is 2.38. The van der Waals surface area contributed by atoms with E-state index in [9.17, 15) is 4.79 Å². The van der Waals surface area contributed by atoms with Crippen LogP contribution in [0.25, 0.3) is 0 Å². The molecule has 13 heavy (non-hydrogen) atoms. The highest BCUT2D eigenvalue weighted by atomic mass is 16.1. The quantitative estimate of drug-likeness (QED) is 0.582. The largest absolute Gasteiger partial charge is 0.329 e. The molecule has 1 aliphatic heterocycles. The number of nitrogens with one attached hydrogen (secondary N) is 1. The van der Waals surface area contributed by atoms with Crippen LogP contribution in [-0.4, -0.2) is 25.4 Å². The number of carbonyl (C=O) groups is 1. The third-order valence-corrected chi connectivity index (χ3v) is 3.46. The van der Waals surface area contributed by atoms with Crippen LogP contribution in [0.3, 0.4) is 0 Å². The van der Waals surface area contributed by atoms with Gasteiger partial charge in [0.25, 0.3) is 0 Å². The summed E-state index contributed by atoms with van der Waals surface area (Å²) in [6.45, 7) is 9.86. The first-order valence-electron chi connectivity index (χ1n) is 5.17. The molecule has 76 valence electrons. The van der Waals surface area contributed by atoms with Crippen molar-refractivity contribution >= 4 is 5.78 Å². The molecule has 1 heterocycles. The lowest BCUT2D eigenvalue weighted by Crippen LogP contribution is -3.15. The van der Waals surface area contributed by atoms with Gasteiger partial charge in [0, 0.05) is 12.3 Å². The Hall–Kier alpha value is -0.370. The van der Waals surface area contributed by atoms with Crippen molar-refractivity contribution in [3.63, 3.8) is 0 Å². The number of quaternary nitrogens is 1. The van der Waals surface area contributed by atoms with E-state index >= 15 is 0 Å². The van der Waals surface area contributed by atoms with Crippen molar-refractivity contribution < 1.29 is 9.69 Å². The second kappa shape index (κ2) is 3.41. The molecule has 1 aliphatic rings. The van der Waals surface area contributed by atoms with Gasteiger partial charge in [-0.2, -0.15) is 0 Å². The molecule has 0 aromatic heterocycles. The highest BCUT2D eigenvalue weighted by Crippen LogP contribution is 2.29. The minimum atomic E-state index is 0.207. The smallest absolute Gasteiger partial charge is 0.190 e. The Balaban J connectivity index is 2.69. The number of hydrogen-bond acceptors (Lipinski definition) is 1. The van der Waals surface area contributed by atoms with E-state index in [2.05, 4.69) is 27.8 Å². The molecule has 2 heteroatoms. The summed E-state index contributed by atoms with van der Waals surface area (Å²) in [5, 5.41) is 0.